The number of nitrogens with zero attached hydrogens (tertiary/aromatic N) is 2. The van der Waals surface area contributed by atoms with Gasteiger partial charge in [-0.25, -0.2) is 0 Å². The summed E-state index contributed by atoms with van der Waals surface area (Å²) < 4.78 is 0. The largest absolute Gasteiger partial charge is 0.317 e. The predicted octanol–water partition coefficient (Wildman–Crippen LogP) is 3.38. The first-order valence-electron chi connectivity index (χ1n) is 8.05. The normalized spacial score (nSPS) is 11.1. The summed E-state index contributed by atoms with van der Waals surface area (Å²) in [5, 5.41) is 0. The molecular formula is C19H21N3OS. The summed E-state index contributed by atoms with van der Waals surface area (Å²) in [6.45, 7) is 4.50. The van der Waals surface area contributed by atoms with Crippen LogP contribution in [0.25, 0.3) is 0 Å². The monoisotopic (exact) mass is 339 g/mol. The molecule has 0 bridgehead atoms. The van der Waals surface area contributed by atoms with Crippen LogP contribution < -0.4 is 4.87 Å². The lowest BCUT2D eigenvalue weighted by atomic mass is 10.2. The minimum atomic E-state index is 0.0203. The van der Waals surface area contributed by atoms with Crippen molar-refractivity contribution in [2.45, 2.75) is 26.4 Å². The van der Waals surface area contributed by atoms with Crippen molar-refractivity contribution in [3.05, 3.63) is 86.2 Å². The number of aromatic amines is 1. The Morgan fingerprint density at radius 2 is 1.88 bits per heavy atom. The number of pyridine rings is 1. The van der Waals surface area contributed by atoms with Crippen LogP contribution >= 0.6 is 11.3 Å². The van der Waals surface area contributed by atoms with E-state index >= 15 is 0 Å². The quantitative estimate of drug-likeness (QED) is 0.718. The average molecular weight is 339 g/mol. The molecule has 0 aliphatic heterocycles. The number of benzene rings is 1. The van der Waals surface area contributed by atoms with E-state index in [1.807, 2.05) is 31.3 Å². The summed E-state index contributed by atoms with van der Waals surface area (Å²) in [7, 11) is 0. The second kappa shape index (κ2) is 8.04. The molecule has 0 unspecified atom stereocenters. The summed E-state index contributed by atoms with van der Waals surface area (Å²) in [5.74, 6) is 0. The highest BCUT2D eigenvalue weighted by atomic mass is 32.1. The van der Waals surface area contributed by atoms with Crippen LogP contribution in [0.15, 0.2) is 59.5 Å². The SMILES string of the molecule is Cc1[nH]c(=O)sc1CN(CCc1ccccn1)Cc1ccccc1. The molecule has 24 heavy (non-hydrogen) atoms. The average Bonchev–Trinajstić information content (AvgIpc) is 2.92. The number of aromatic nitrogens is 2. The summed E-state index contributed by atoms with van der Waals surface area (Å²) in [6.07, 6.45) is 2.73. The van der Waals surface area contributed by atoms with Crippen LogP contribution in [0.2, 0.25) is 0 Å². The highest BCUT2D eigenvalue weighted by Gasteiger charge is 2.12. The van der Waals surface area contributed by atoms with Gasteiger partial charge in [0.1, 0.15) is 0 Å². The van der Waals surface area contributed by atoms with Crippen LogP contribution in [0.4, 0.5) is 0 Å². The zero-order chi connectivity index (χ0) is 16.8. The molecule has 0 saturated heterocycles. The van der Waals surface area contributed by atoms with Crippen molar-refractivity contribution in [2.75, 3.05) is 6.54 Å². The van der Waals surface area contributed by atoms with Gasteiger partial charge in [0, 0.05) is 48.5 Å². The van der Waals surface area contributed by atoms with Crippen molar-refractivity contribution < 1.29 is 0 Å². The fraction of sp³-hybridized carbons (Fsp3) is 0.263. The Morgan fingerprint density at radius 3 is 2.54 bits per heavy atom. The molecule has 0 spiro atoms. The predicted molar refractivity (Wildman–Crippen MR) is 98.2 cm³/mol. The molecule has 0 radical (unpaired) electrons. The van der Waals surface area contributed by atoms with E-state index in [0.717, 1.165) is 42.3 Å². The first-order valence-corrected chi connectivity index (χ1v) is 8.87. The third-order valence-corrected chi connectivity index (χ3v) is 4.92. The standard InChI is InChI=1S/C19H21N3OS/c1-15-18(24-19(23)21-15)14-22(13-16-7-3-2-4-8-16)12-10-17-9-5-6-11-20-17/h2-9,11H,10,12-14H2,1H3,(H,21,23). The Bertz CT molecular complexity index is 811. The Labute approximate surface area is 145 Å². The molecule has 1 aromatic carbocycles. The van der Waals surface area contributed by atoms with Crippen molar-refractivity contribution >= 4 is 11.3 Å². The molecule has 1 N–H and O–H groups in total. The summed E-state index contributed by atoms with van der Waals surface area (Å²) in [4.78, 5) is 22.3. The highest BCUT2D eigenvalue weighted by molar-refractivity contribution is 7.09. The number of rotatable bonds is 7. The molecule has 0 atom stereocenters. The van der Waals surface area contributed by atoms with E-state index in [9.17, 15) is 4.79 Å². The van der Waals surface area contributed by atoms with Gasteiger partial charge < -0.3 is 4.98 Å². The van der Waals surface area contributed by atoms with Gasteiger partial charge in [0.05, 0.1) is 0 Å². The lowest BCUT2D eigenvalue weighted by Gasteiger charge is -2.22. The fourth-order valence-corrected chi connectivity index (χ4v) is 3.54. The van der Waals surface area contributed by atoms with Gasteiger partial charge in [0.25, 0.3) is 0 Å². The molecule has 2 aromatic heterocycles. The fourth-order valence-electron chi connectivity index (χ4n) is 2.67. The van der Waals surface area contributed by atoms with Crippen LogP contribution in [-0.2, 0) is 19.5 Å². The van der Waals surface area contributed by atoms with Crippen molar-refractivity contribution in [3.63, 3.8) is 0 Å². The van der Waals surface area contributed by atoms with Crippen molar-refractivity contribution in [1.29, 1.82) is 0 Å². The van der Waals surface area contributed by atoms with Gasteiger partial charge in [-0.3, -0.25) is 14.7 Å². The maximum atomic E-state index is 11.6. The topological polar surface area (TPSA) is 49.0 Å². The van der Waals surface area contributed by atoms with Crippen LogP contribution in [-0.4, -0.2) is 21.4 Å². The lowest BCUT2D eigenvalue weighted by Crippen LogP contribution is -2.25. The maximum absolute atomic E-state index is 11.6. The van der Waals surface area contributed by atoms with Gasteiger partial charge >= 0.3 is 4.87 Å². The zero-order valence-corrected chi connectivity index (χ0v) is 14.6. The Kier molecular flexibility index (Phi) is 5.56. The third-order valence-electron chi connectivity index (χ3n) is 3.95. The van der Waals surface area contributed by atoms with E-state index in [4.69, 9.17) is 0 Å². The number of aryl methyl sites for hydroxylation is 1. The molecule has 0 amide bonds. The van der Waals surface area contributed by atoms with Gasteiger partial charge in [-0.1, -0.05) is 47.7 Å². The van der Waals surface area contributed by atoms with Crippen LogP contribution in [0.5, 0.6) is 0 Å². The molecule has 0 aliphatic carbocycles. The smallest absolute Gasteiger partial charge is 0.304 e. The molecule has 2 heterocycles. The first kappa shape index (κ1) is 16.6. The van der Waals surface area contributed by atoms with E-state index in [1.165, 1.54) is 16.9 Å². The van der Waals surface area contributed by atoms with E-state index < -0.39 is 0 Å². The van der Waals surface area contributed by atoms with Gasteiger partial charge in [-0.15, -0.1) is 0 Å². The van der Waals surface area contributed by atoms with Crippen LogP contribution in [0.3, 0.4) is 0 Å². The van der Waals surface area contributed by atoms with E-state index in [-0.39, 0.29) is 4.87 Å². The molecule has 3 aromatic rings. The Balaban J connectivity index is 1.72. The Hall–Kier alpha value is -2.24. The molecular weight excluding hydrogens is 318 g/mol. The van der Waals surface area contributed by atoms with E-state index in [0.29, 0.717) is 0 Å². The summed E-state index contributed by atoms with van der Waals surface area (Å²) >= 11 is 1.31. The number of nitrogens with one attached hydrogen (secondary N) is 1. The van der Waals surface area contributed by atoms with Crippen molar-refractivity contribution in [2.24, 2.45) is 0 Å². The minimum absolute atomic E-state index is 0.0203. The highest BCUT2D eigenvalue weighted by Crippen LogP contribution is 2.15. The van der Waals surface area contributed by atoms with Gasteiger partial charge in [0.15, 0.2) is 0 Å². The molecule has 3 rings (SSSR count). The molecule has 4 nitrogen and oxygen atoms in total. The van der Waals surface area contributed by atoms with E-state index in [1.54, 1.807) is 0 Å². The number of hydrogen-bond donors (Lipinski definition) is 1. The minimum Gasteiger partial charge on any atom is -0.317 e. The number of hydrogen-bond acceptors (Lipinski definition) is 4. The second-order valence-corrected chi connectivity index (χ2v) is 6.90. The molecule has 5 heteroatoms. The summed E-state index contributed by atoms with van der Waals surface area (Å²) in [5.41, 5.74) is 3.34. The van der Waals surface area contributed by atoms with Crippen molar-refractivity contribution in [3.8, 4) is 0 Å². The molecule has 0 aliphatic rings. The maximum Gasteiger partial charge on any atom is 0.304 e. The van der Waals surface area contributed by atoms with Gasteiger partial charge in [-0.05, 0) is 24.6 Å². The molecule has 124 valence electrons. The third kappa shape index (κ3) is 4.63. The van der Waals surface area contributed by atoms with Crippen LogP contribution in [0, 0.1) is 6.92 Å². The zero-order valence-electron chi connectivity index (χ0n) is 13.7. The summed E-state index contributed by atoms with van der Waals surface area (Å²) in [6, 6.07) is 16.4. The number of thiazole rings is 1. The van der Waals surface area contributed by atoms with E-state index in [2.05, 4.69) is 45.2 Å². The second-order valence-electron chi connectivity index (χ2n) is 5.83. The molecule has 0 saturated carbocycles. The Morgan fingerprint density at radius 1 is 1.08 bits per heavy atom. The number of H-pyrrole nitrogens is 1. The van der Waals surface area contributed by atoms with Crippen LogP contribution in [0.1, 0.15) is 21.8 Å². The van der Waals surface area contributed by atoms with Crippen molar-refractivity contribution in [1.82, 2.24) is 14.9 Å². The lowest BCUT2D eigenvalue weighted by molar-refractivity contribution is 0.261. The molecule has 0 fully saturated rings. The first-order chi connectivity index (χ1) is 11.7. The van der Waals surface area contributed by atoms with Gasteiger partial charge in [-0.2, -0.15) is 0 Å². The van der Waals surface area contributed by atoms with Gasteiger partial charge in [0.2, 0.25) is 0 Å².